The third-order valence-electron chi connectivity index (χ3n) is 3.45. The second-order valence-corrected chi connectivity index (χ2v) is 5.64. The van der Waals surface area contributed by atoms with Crippen LogP contribution in [0.4, 0.5) is 10.1 Å². The number of ether oxygens (including phenoxy) is 3. The van der Waals surface area contributed by atoms with Crippen LogP contribution in [-0.4, -0.2) is 24.8 Å². The molecule has 1 atom stereocenters. The Morgan fingerprint density at radius 1 is 1.20 bits per heavy atom. The van der Waals surface area contributed by atoms with Crippen molar-refractivity contribution in [1.82, 2.24) is 0 Å². The molecule has 0 saturated carbocycles. The van der Waals surface area contributed by atoms with Crippen LogP contribution in [0.15, 0.2) is 36.4 Å². The molecule has 0 bridgehead atoms. The summed E-state index contributed by atoms with van der Waals surface area (Å²) in [6.07, 6.45) is -1.08. The number of carbonyl (C=O) groups excluding carboxylic acids is 2. The molecule has 6 nitrogen and oxygen atoms in total. The highest BCUT2D eigenvalue weighted by Gasteiger charge is 2.22. The summed E-state index contributed by atoms with van der Waals surface area (Å²) in [7, 11) is 0. The van der Waals surface area contributed by atoms with Gasteiger partial charge in [0.05, 0.1) is 16.3 Å². The molecule has 2 aromatic carbocycles. The van der Waals surface area contributed by atoms with Crippen molar-refractivity contribution >= 4 is 29.2 Å². The van der Waals surface area contributed by atoms with E-state index in [2.05, 4.69) is 5.32 Å². The first-order valence-electron chi connectivity index (χ1n) is 7.30. The van der Waals surface area contributed by atoms with Crippen molar-refractivity contribution in [3.05, 3.63) is 52.8 Å². The molecule has 0 saturated heterocycles. The zero-order valence-corrected chi connectivity index (χ0v) is 13.8. The lowest BCUT2D eigenvalue weighted by molar-refractivity contribution is -0.123. The Hall–Kier alpha value is -2.80. The second-order valence-electron chi connectivity index (χ2n) is 5.23. The van der Waals surface area contributed by atoms with E-state index in [1.54, 1.807) is 6.07 Å². The van der Waals surface area contributed by atoms with Crippen LogP contribution in [0.25, 0.3) is 0 Å². The maximum atomic E-state index is 13.0. The lowest BCUT2D eigenvalue weighted by atomic mass is 10.2. The molecule has 0 fully saturated rings. The number of esters is 1. The second kappa shape index (κ2) is 6.98. The van der Waals surface area contributed by atoms with Crippen molar-refractivity contribution < 1.29 is 28.2 Å². The largest absolute Gasteiger partial charge is 0.454 e. The van der Waals surface area contributed by atoms with Gasteiger partial charge in [0.25, 0.3) is 5.91 Å². The molecule has 0 radical (unpaired) electrons. The van der Waals surface area contributed by atoms with E-state index < -0.39 is 23.8 Å². The van der Waals surface area contributed by atoms with Crippen LogP contribution < -0.4 is 14.8 Å². The standard InChI is InChI=1S/C17H13ClFNO5/c1-9(16(21)20-13-4-3-11(19)7-12(13)18)25-17(22)10-2-5-14-15(6-10)24-8-23-14/h2-7,9H,8H2,1H3,(H,20,21). The lowest BCUT2D eigenvalue weighted by Crippen LogP contribution is -2.30. The minimum atomic E-state index is -1.08. The van der Waals surface area contributed by atoms with Crippen LogP contribution >= 0.6 is 11.6 Å². The number of hydrogen-bond donors (Lipinski definition) is 1. The summed E-state index contributed by atoms with van der Waals surface area (Å²) in [6, 6.07) is 8.12. The average Bonchev–Trinajstić information content (AvgIpc) is 3.04. The highest BCUT2D eigenvalue weighted by Crippen LogP contribution is 2.32. The molecule has 1 unspecified atom stereocenters. The Morgan fingerprint density at radius 2 is 1.96 bits per heavy atom. The Morgan fingerprint density at radius 3 is 2.72 bits per heavy atom. The Labute approximate surface area is 147 Å². The van der Waals surface area contributed by atoms with E-state index >= 15 is 0 Å². The van der Waals surface area contributed by atoms with Gasteiger partial charge < -0.3 is 19.5 Å². The van der Waals surface area contributed by atoms with Gasteiger partial charge in [-0.3, -0.25) is 4.79 Å². The van der Waals surface area contributed by atoms with Crippen molar-refractivity contribution in [2.45, 2.75) is 13.0 Å². The number of halogens is 2. The molecule has 0 aromatic heterocycles. The van der Waals surface area contributed by atoms with Gasteiger partial charge in [0.2, 0.25) is 6.79 Å². The van der Waals surface area contributed by atoms with Crippen LogP contribution in [0.2, 0.25) is 5.02 Å². The quantitative estimate of drug-likeness (QED) is 0.841. The molecule has 3 rings (SSSR count). The number of fused-ring (bicyclic) bond motifs is 1. The van der Waals surface area contributed by atoms with E-state index in [1.165, 1.54) is 25.1 Å². The Bertz CT molecular complexity index is 842. The number of nitrogens with one attached hydrogen (secondary N) is 1. The molecule has 2 aromatic rings. The number of rotatable bonds is 4. The fourth-order valence-corrected chi connectivity index (χ4v) is 2.35. The molecule has 25 heavy (non-hydrogen) atoms. The van der Waals surface area contributed by atoms with Crippen molar-refractivity contribution in [3.8, 4) is 11.5 Å². The van der Waals surface area contributed by atoms with Gasteiger partial charge in [-0.1, -0.05) is 11.6 Å². The maximum absolute atomic E-state index is 13.0. The molecule has 130 valence electrons. The summed E-state index contributed by atoms with van der Waals surface area (Å²) < 4.78 is 28.5. The van der Waals surface area contributed by atoms with Gasteiger partial charge in [-0.15, -0.1) is 0 Å². The van der Waals surface area contributed by atoms with Gasteiger partial charge in [0.1, 0.15) is 5.82 Å². The molecule has 1 amide bonds. The number of benzene rings is 2. The molecule has 0 aliphatic carbocycles. The van der Waals surface area contributed by atoms with Crippen LogP contribution in [0.5, 0.6) is 11.5 Å². The molecule has 8 heteroatoms. The SMILES string of the molecule is CC(OC(=O)c1ccc2c(c1)OCO2)C(=O)Nc1ccc(F)cc1Cl. The monoisotopic (exact) mass is 365 g/mol. The normalized spacial score (nSPS) is 13.2. The molecule has 0 spiro atoms. The van der Waals surface area contributed by atoms with E-state index in [0.717, 1.165) is 12.1 Å². The highest BCUT2D eigenvalue weighted by molar-refractivity contribution is 6.33. The molecule has 1 aliphatic rings. The predicted molar refractivity (Wildman–Crippen MR) is 87.5 cm³/mol. The summed E-state index contributed by atoms with van der Waals surface area (Å²) in [6.45, 7) is 1.50. The number of carbonyl (C=O) groups is 2. The summed E-state index contributed by atoms with van der Waals surface area (Å²) >= 11 is 5.85. The van der Waals surface area contributed by atoms with E-state index in [0.29, 0.717) is 11.5 Å². The topological polar surface area (TPSA) is 73.9 Å². The Kier molecular flexibility index (Phi) is 4.76. The van der Waals surface area contributed by atoms with Crippen molar-refractivity contribution in [1.29, 1.82) is 0 Å². The number of hydrogen-bond acceptors (Lipinski definition) is 5. The van der Waals surface area contributed by atoms with Crippen molar-refractivity contribution in [3.63, 3.8) is 0 Å². The minimum absolute atomic E-state index is 0.0441. The zero-order chi connectivity index (χ0) is 18.0. The van der Waals surface area contributed by atoms with Crippen LogP contribution in [0, 0.1) is 5.82 Å². The van der Waals surface area contributed by atoms with Crippen LogP contribution in [-0.2, 0) is 9.53 Å². The molecule has 1 aliphatic heterocycles. The first kappa shape index (κ1) is 17.0. The van der Waals surface area contributed by atoms with E-state index in [-0.39, 0.29) is 23.1 Å². The summed E-state index contributed by atoms with van der Waals surface area (Å²) in [5.41, 5.74) is 0.447. The average molecular weight is 366 g/mol. The van der Waals surface area contributed by atoms with Crippen LogP contribution in [0.1, 0.15) is 17.3 Å². The number of amides is 1. The minimum Gasteiger partial charge on any atom is -0.454 e. The fourth-order valence-electron chi connectivity index (χ4n) is 2.13. The zero-order valence-electron chi connectivity index (χ0n) is 13.0. The highest BCUT2D eigenvalue weighted by atomic mass is 35.5. The third kappa shape index (κ3) is 3.83. The summed E-state index contributed by atoms with van der Waals surface area (Å²) in [4.78, 5) is 24.3. The molecule has 1 N–H and O–H groups in total. The molecule has 1 heterocycles. The predicted octanol–water partition coefficient (Wildman–Crippen LogP) is 3.39. The van der Waals surface area contributed by atoms with Gasteiger partial charge in [0.15, 0.2) is 17.6 Å². The van der Waals surface area contributed by atoms with E-state index in [4.69, 9.17) is 25.8 Å². The lowest BCUT2D eigenvalue weighted by Gasteiger charge is -2.14. The van der Waals surface area contributed by atoms with Gasteiger partial charge in [-0.25, -0.2) is 9.18 Å². The third-order valence-corrected chi connectivity index (χ3v) is 3.76. The number of anilines is 1. The summed E-state index contributed by atoms with van der Waals surface area (Å²) in [5, 5.41) is 2.52. The first-order chi connectivity index (χ1) is 11.9. The Balaban J connectivity index is 1.63. The van der Waals surface area contributed by atoms with E-state index in [9.17, 15) is 14.0 Å². The van der Waals surface area contributed by atoms with Gasteiger partial charge in [-0.2, -0.15) is 0 Å². The smallest absolute Gasteiger partial charge is 0.339 e. The maximum Gasteiger partial charge on any atom is 0.339 e. The van der Waals surface area contributed by atoms with E-state index in [1.807, 2.05) is 0 Å². The molecular weight excluding hydrogens is 353 g/mol. The first-order valence-corrected chi connectivity index (χ1v) is 7.68. The fraction of sp³-hybridized carbons (Fsp3) is 0.176. The van der Waals surface area contributed by atoms with Gasteiger partial charge in [-0.05, 0) is 43.3 Å². The van der Waals surface area contributed by atoms with Crippen molar-refractivity contribution in [2.75, 3.05) is 12.1 Å². The van der Waals surface area contributed by atoms with Gasteiger partial charge in [0, 0.05) is 0 Å². The van der Waals surface area contributed by atoms with Crippen LogP contribution in [0.3, 0.4) is 0 Å². The molecular formula is C17H13ClFNO5. The summed E-state index contributed by atoms with van der Waals surface area (Å²) in [5.74, 6) is -0.836. The van der Waals surface area contributed by atoms with Crippen molar-refractivity contribution in [2.24, 2.45) is 0 Å². The van der Waals surface area contributed by atoms with Gasteiger partial charge >= 0.3 is 5.97 Å².